The molecule has 0 saturated carbocycles. The average Bonchev–Trinajstić information content (AvgIpc) is 3.28. The summed E-state index contributed by atoms with van der Waals surface area (Å²) in [5, 5.41) is 10.3. The first-order chi connectivity index (χ1) is 18.9. The first-order valence-corrected chi connectivity index (χ1v) is 11.9. The Hall–Kier alpha value is -5.24. The van der Waals surface area contributed by atoms with Gasteiger partial charge in [-0.25, -0.2) is 15.0 Å². The van der Waals surface area contributed by atoms with Crippen LogP contribution >= 0.6 is 0 Å². The molecule has 0 radical (unpaired) electrons. The normalized spacial score (nSPS) is 14.9. The molecule has 11 heteroatoms. The quantitative estimate of drug-likeness (QED) is 0.169. The van der Waals surface area contributed by atoms with E-state index < -0.39 is 23.9 Å². The van der Waals surface area contributed by atoms with Gasteiger partial charge < -0.3 is 29.4 Å². The van der Waals surface area contributed by atoms with Crippen LogP contribution in [0.2, 0.25) is 0 Å². The molecular formula is C28H27N5O6. The number of aromatic nitrogens is 1. The van der Waals surface area contributed by atoms with Crippen molar-refractivity contribution in [1.29, 1.82) is 0 Å². The van der Waals surface area contributed by atoms with E-state index in [1.807, 2.05) is 35.0 Å². The zero-order valence-corrected chi connectivity index (χ0v) is 21.6. The SMILES string of the molecule is C#CCn1cc(/C=N\NC(=O)COc2ccc([C@H]3NC(=O)NC(C)=C3C(=O)OC)cc2OC)c2ccccc21. The van der Waals surface area contributed by atoms with E-state index in [1.54, 1.807) is 31.3 Å². The van der Waals surface area contributed by atoms with E-state index in [0.29, 0.717) is 29.3 Å². The zero-order chi connectivity index (χ0) is 27.9. The lowest BCUT2D eigenvalue weighted by atomic mass is 9.95. The molecule has 3 N–H and O–H groups in total. The number of urea groups is 1. The van der Waals surface area contributed by atoms with Crippen LogP contribution in [-0.4, -0.2) is 49.5 Å². The van der Waals surface area contributed by atoms with Crippen LogP contribution in [-0.2, 0) is 20.9 Å². The molecular weight excluding hydrogens is 502 g/mol. The first kappa shape index (κ1) is 26.8. The van der Waals surface area contributed by atoms with Gasteiger partial charge in [-0.1, -0.05) is 30.2 Å². The van der Waals surface area contributed by atoms with Gasteiger partial charge in [0.05, 0.1) is 38.6 Å². The monoisotopic (exact) mass is 529 g/mol. The minimum absolute atomic E-state index is 0.257. The molecule has 0 unspecified atom stereocenters. The topological polar surface area (TPSA) is 132 Å². The maximum absolute atomic E-state index is 12.4. The van der Waals surface area contributed by atoms with Gasteiger partial charge in [0.25, 0.3) is 5.91 Å². The van der Waals surface area contributed by atoms with Gasteiger partial charge >= 0.3 is 12.0 Å². The molecule has 0 saturated heterocycles. The second kappa shape index (κ2) is 11.9. The minimum atomic E-state index is -0.765. The smallest absolute Gasteiger partial charge is 0.337 e. The van der Waals surface area contributed by atoms with E-state index in [0.717, 1.165) is 16.5 Å². The van der Waals surface area contributed by atoms with E-state index in [-0.39, 0.29) is 12.2 Å². The van der Waals surface area contributed by atoms with Crippen molar-refractivity contribution in [3.8, 4) is 23.8 Å². The second-order valence-corrected chi connectivity index (χ2v) is 8.49. The van der Waals surface area contributed by atoms with Crippen LogP contribution < -0.4 is 25.5 Å². The number of amides is 3. The molecule has 2 heterocycles. The van der Waals surface area contributed by atoms with Crippen LogP contribution in [0, 0.1) is 12.3 Å². The lowest BCUT2D eigenvalue weighted by Crippen LogP contribution is -2.45. The Labute approximate surface area is 224 Å². The van der Waals surface area contributed by atoms with Crippen LogP contribution in [0.3, 0.4) is 0 Å². The van der Waals surface area contributed by atoms with E-state index in [2.05, 4.69) is 27.1 Å². The number of nitrogens with zero attached hydrogens (tertiary/aromatic N) is 2. The van der Waals surface area contributed by atoms with Crippen molar-refractivity contribution in [2.75, 3.05) is 20.8 Å². The number of para-hydroxylation sites is 1. The zero-order valence-electron chi connectivity index (χ0n) is 21.6. The molecule has 200 valence electrons. The Morgan fingerprint density at radius 1 is 1.21 bits per heavy atom. The Morgan fingerprint density at radius 2 is 2.00 bits per heavy atom. The number of fused-ring (bicyclic) bond motifs is 1. The average molecular weight is 530 g/mol. The number of esters is 1. The second-order valence-electron chi connectivity index (χ2n) is 8.49. The molecule has 0 aliphatic carbocycles. The summed E-state index contributed by atoms with van der Waals surface area (Å²) < 4.78 is 17.9. The molecule has 2 aromatic carbocycles. The molecule has 11 nitrogen and oxygen atoms in total. The largest absolute Gasteiger partial charge is 0.493 e. The molecule has 0 fully saturated rings. The molecule has 3 aromatic rings. The fraction of sp³-hybridized carbons (Fsp3) is 0.214. The van der Waals surface area contributed by atoms with Gasteiger partial charge in [-0.15, -0.1) is 6.42 Å². The van der Waals surface area contributed by atoms with Crippen molar-refractivity contribution in [2.45, 2.75) is 19.5 Å². The molecule has 0 spiro atoms. The number of nitrogens with one attached hydrogen (secondary N) is 3. The molecule has 3 amide bonds. The molecule has 0 bridgehead atoms. The van der Waals surface area contributed by atoms with Crippen molar-refractivity contribution in [1.82, 2.24) is 20.6 Å². The highest BCUT2D eigenvalue weighted by molar-refractivity contribution is 5.99. The maximum atomic E-state index is 12.4. The number of terminal acetylenes is 1. The van der Waals surface area contributed by atoms with Crippen molar-refractivity contribution in [3.05, 3.63) is 71.1 Å². The lowest BCUT2D eigenvalue weighted by Gasteiger charge is -2.28. The molecule has 39 heavy (non-hydrogen) atoms. The van der Waals surface area contributed by atoms with Crippen molar-refractivity contribution >= 4 is 35.0 Å². The fourth-order valence-electron chi connectivity index (χ4n) is 4.26. The number of ether oxygens (including phenoxy) is 3. The van der Waals surface area contributed by atoms with Crippen molar-refractivity contribution in [3.63, 3.8) is 0 Å². The number of hydrazone groups is 1. The summed E-state index contributed by atoms with van der Waals surface area (Å²) in [5.41, 5.74) is 5.42. The van der Waals surface area contributed by atoms with Crippen LogP contribution in [0.5, 0.6) is 11.5 Å². The van der Waals surface area contributed by atoms with Crippen molar-refractivity contribution < 1.29 is 28.6 Å². The molecule has 4 rings (SSSR count). The van der Waals surface area contributed by atoms with Crippen LogP contribution in [0.4, 0.5) is 4.79 Å². The molecule has 1 aliphatic heterocycles. The number of allylic oxidation sites excluding steroid dienone is 1. The Morgan fingerprint density at radius 3 is 2.74 bits per heavy atom. The summed E-state index contributed by atoms with van der Waals surface area (Å²) in [6, 6.07) is 11.4. The predicted molar refractivity (Wildman–Crippen MR) is 144 cm³/mol. The van der Waals surface area contributed by atoms with Gasteiger partial charge in [0, 0.05) is 28.4 Å². The molecule has 1 aromatic heterocycles. The summed E-state index contributed by atoms with van der Waals surface area (Å²) >= 11 is 0. The third-order valence-corrected chi connectivity index (χ3v) is 6.03. The highest BCUT2D eigenvalue weighted by Crippen LogP contribution is 2.34. The van der Waals surface area contributed by atoms with Crippen LogP contribution in [0.15, 0.2) is 65.0 Å². The Bertz CT molecular complexity index is 1530. The standard InChI is InChI=1S/C28H27N5O6/c1-5-12-33-15-19(20-8-6-7-9-21(20)33)14-29-32-24(34)16-39-22-11-10-18(13-23(22)37-3)26-25(27(35)38-4)17(2)30-28(36)31-26/h1,6-11,13-15,26H,12,16H2,2-4H3,(H,32,34)(H2,30,31,36)/b29-14-/t26-/m1/s1. The van der Waals surface area contributed by atoms with Crippen LogP contribution in [0.1, 0.15) is 24.1 Å². The Kier molecular flexibility index (Phi) is 8.16. The number of carbonyl (C=O) groups excluding carboxylic acids is 3. The number of methoxy groups -OCH3 is 2. The number of hydrogen-bond donors (Lipinski definition) is 3. The fourth-order valence-corrected chi connectivity index (χ4v) is 4.26. The minimum Gasteiger partial charge on any atom is -0.493 e. The van der Waals surface area contributed by atoms with Gasteiger partial charge in [-0.3, -0.25) is 4.79 Å². The summed E-state index contributed by atoms with van der Waals surface area (Å²) in [5.74, 6) is 2.15. The molecule has 1 atom stereocenters. The van der Waals surface area contributed by atoms with Gasteiger partial charge in [0.2, 0.25) is 0 Å². The van der Waals surface area contributed by atoms with Gasteiger partial charge in [0.1, 0.15) is 0 Å². The third kappa shape index (κ3) is 5.86. The summed E-state index contributed by atoms with van der Waals surface area (Å²) in [6.07, 6.45) is 8.88. The Balaban J connectivity index is 1.43. The number of benzene rings is 2. The van der Waals surface area contributed by atoms with Gasteiger partial charge in [-0.2, -0.15) is 5.10 Å². The maximum Gasteiger partial charge on any atom is 0.337 e. The highest BCUT2D eigenvalue weighted by atomic mass is 16.5. The van der Waals surface area contributed by atoms with Crippen LogP contribution in [0.25, 0.3) is 10.9 Å². The number of carbonyl (C=O) groups is 3. The lowest BCUT2D eigenvalue weighted by molar-refractivity contribution is -0.136. The molecule has 1 aliphatic rings. The van der Waals surface area contributed by atoms with E-state index in [9.17, 15) is 14.4 Å². The van der Waals surface area contributed by atoms with E-state index >= 15 is 0 Å². The number of rotatable bonds is 9. The number of hydrogen-bond acceptors (Lipinski definition) is 7. The summed E-state index contributed by atoms with van der Waals surface area (Å²) in [7, 11) is 2.70. The van der Waals surface area contributed by atoms with E-state index in [1.165, 1.54) is 14.2 Å². The van der Waals surface area contributed by atoms with E-state index in [4.69, 9.17) is 20.6 Å². The summed E-state index contributed by atoms with van der Waals surface area (Å²) in [4.78, 5) is 36.8. The third-order valence-electron chi connectivity index (χ3n) is 6.03. The van der Waals surface area contributed by atoms with Gasteiger partial charge in [0.15, 0.2) is 18.1 Å². The summed E-state index contributed by atoms with van der Waals surface area (Å²) in [6.45, 7) is 1.70. The highest BCUT2D eigenvalue weighted by Gasteiger charge is 2.32. The predicted octanol–water partition coefficient (Wildman–Crippen LogP) is 2.61. The van der Waals surface area contributed by atoms with Crippen molar-refractivity contribution in [2.24, 2.45) is 5.10 Å². The first-order valence-electron chi connectivity index (χ1n) is 11.9. The van der Waals surface area contributed by atoms with Gasteiger partial charge in [-0.05, 0) is 30.7 Å².